The lowest BCUT2D eigenvalue weighted by atomic mass is 9.78. The van der Waals surface area contributed by atoms with E-state index in [-0.39, 0.29) is 55.9 Å². The highest BCUT2D eigenvalue weighted by Gasteiger charge is 2.29. The molecule has 0 atom stereocenters. The summed E-state index contributed by atoms with van der Waals surface area (Å²) in [5, 5.41) is 72.4. The predicted octanol–water partition coefficient (Wildman–Crippen LogP) is 7.54. The van der Waals surface area contributed by atoms with Crippen LogP contribution in [0.2, 0.25) is 0 Å². The van der Waals surface area contributed by atoms with Gasteiger partial charge in [0.1, 0.15) is 0 Å². The Kier molecular flexibility index (Phi) is 31.2. The second-order valence-electron chi connectivity index (χ2n) is 15.6. The van der Waals surface area contributed by atoms with Crippen molar-refractivity contribution < 1.29 is 40.9 Å². The molecule has 0 spiro atoms. The van der Waals surface area contributed by atoms with Gasteiger partial charge < -0.3 is 40.9 Å². The van der Waals surface area contributed by atoms with Crippen LogP contribution in [-0.4, -0.2) is 86.8 Å². The summed E-state index contributed by atoms with van der Waals surface area (Å²) in [6.07, 6.45) is 32.9. The van der Waals surface area contributed by atoms with Gasteiger partial charge in [0.2, 0.25) is 0 Å². The first-order chi connectivity index (χ1) is 23.3. The third-order valence-corrected chi connectivity index (χ3v) is 11.3. The van der Waals surface area contributed by atoms with E-state index in [1.54, 1.807) is 0 Å². The highest BCUT2D eigenvalue weighted by molar-refractivity contribution is 4.80. The fraction of sp³-hybridized carbons (Fsp3) is 1.00. The van der Waals surface area contributed by atoms with E-state index in [1.165, 1.54) is 135 Å². The Labute approximate surface area is 295 Å². The molecule has 3 aliphatic rings. The van der Waals surface area contributed by atoms with Gasteiger partial charge in [-0.05, 0) is 44.9 Å². The molecule has 3 fully saturated rings. The molecule has 8 heteroatoms. The van der Waals surface area contributed by atoms with Crippen molar-refractivity contribution in [2.45, 2.75) is 199 Å². The van der Waals surface area contributed by atoms with Gasteiger partial charge in [0, 0.05) is 16.2 Å². The van der Waals surface area contributed by atoms with E-state index >= 15 is 0 Å². The molecule has 3 saturated carbocycles. The Morgan fingerprint density at radius 1 is 0.333 bits per heavy atom. The lowest BCUT2D eigenvalue weighted by Crippen LogP contribution is -2.30. The smallest absolute Gasteiger partial charge is 0.151 e. The number of aliphatic hydroxyl groups is 8. The Morgan fingerprint density at radius 3 is 0.604 bits per heavy atom. The maximum atomic E-state index is 9.36. The maximum Gasteiger partial charge on any atom is 0.151 e. The van der Waals surface area contributed by atoms with Gasteiger partial charge in [0.15, 0.2) is 6.29 Å². The SMILES string of the molecule is CCCC(O)O.OCC1(CO)CCCCCCCCC1.OCC1(CO)CCCCCCCCC1.OCC1(CO)CCCCCCCCC1. The highest BCUT2D eigenvalue weighted by Crippen LogP contribution is 2.34. The van der Waals surface area contributed by atoms with Crippen molar-refractivity contribution in [3.63, 3.8) is 0 Å². The zero-order valence-electron chi connectivity index (χ0n) is 31.4. The largest absolute Gasteiger partial charge is 0.396 e. The van der Waals surface area contributed by atoms with Crippen molar-refractivity contribution in [2.75, 3.05) is 39.6 Å². The zero-order valence-corrected chi connectivity index (χ0v) is 31.4. The van der Waals surface area contributed by atoms with E-state index in [0.29, 0.717) is 6.42 Å². The van der Waals surface area contributed by atoms with E-state index in [4.69, 9.17) is 10.2 Å². The molecule has 0 aromatic heterocycles. The molecular formula is C40H82O8. The van der Waals surface area contributed by atoms with Crippen molar-refractivity contribution in [1.82, 2.24) is 0 Å². The van der Waals surface area contributed by atoms with Crippen LogP contribution >= 0.6 is 0 Å². The number of rotatable bonds is 8. The molecular weight excluding hydrogens is 608 g/mol. The molecule has 8 N–H and O–H groups in total. The molecule has 0 aliphatic heterocycles. The molecule has 3 rings (SSSR count). The van der Waals surface area contributed by atoms with E-state index in [1.807, 2.05) is 6.92 Å². The molecule has 0 radical (unpaired) electrons. The summed E-state index contributed by atoms with van der Waals surface area (Å²) in [6, 6.07) is 0. The molecule has 0 amide bonds. The fourth-order valence-corrected chi connectivity index (χ4v) is 7.38. The average molecular weight is 691 g/mol. The van der Waals surface area contributed by atoms with Crippen LogP contribution in [0.5, 0.6) is 0 Å². The fourth-order valence-electron chi connectivity index (χ4n) is 7.38. The van der Waals surface area contributed by atoms with Gasteiger partial charge in [-0.2, -0.15) is 0 Å². The van der Waals surface area contributed by atoms with E-state index < -0.39 is 6.29 Å². The molecule has 8 nitrogen and oxygen atoms in total. The third kappa shape index (κ3) is 23.2. The molecule has 48 heavy (non-hydrogen) atoms. The molecule has 0 heterocycles. The highest BCUT2D eigenvalue weighted by atomic mass is 16.5. The van der Waals surface area contributed by atoms with Crippen molar-refractivity contribution in [3.05, 3.63) is 0 Å². The molecule has 0 saturated heterocycles. The molecule has 0 bridgehead atoms. The monoisotopic (exact) mass is 691 g/mol. The van der Waals surface area contributed by atoms with Crippen LogP contribution in [0, 0.1) is 16.2 Å². The van der Waals surface area contributed by atoms with Gasteiger partial charge in [0.05, 0.1) is 39.6 Å². The number of hydrogen-bond acceptors (Lipinski definition) is 8. The van der Waals surface area contributed by atoms with E-state index in [9.17, 15) is 30.6 Å². The molecule has 290 valence electrons. The molecule has 0 aromatic carbocycles. The van der Waals surface area contributed by atoms with Crippen LogP contribution in [-0.2, 0) is 0 Å². The quantitative estimate of drug-likeness (QED) is 0.121. The van der Waals surface area contributed by atoms with Crippen molar-refractivity contribution in [2.24, 2.45) is 16.2 Å². The van der Waals surface area contributed by atoms with Gasteiger partial charge >= 0.3 is 0 Å². The van der Waals surface area contributed by atoms with Crippen LogP contribution in [0.3, 0.4) is 0 Å². The predicted molar refractivity (Wildman–Crippen MR) is 198 cm³/mol. The second kappa shape index (κ2) is 31.4. The van der Waals surface area contributed by atoms with Crippen LogP contribution < -0.4 is 0 Å². The summed E-state index contributed by atoms with van der Waals surface area (Å²) in [4.78, 5) is 0. The summed E-state index contributed by atoms with van der Waals surface area (Å²) < 4.78 is 0. The lowest BCUT2D eigenvalue weighted by Gasteiger charge is -2.30. The third-order valence-electron chi connectivity index (χ3n) is 11.3. The average Bonchev–Trinajstić information content (AvgIpc) is 3.12. The number of hydrogen-bond donors (Lipinski definition) is 8. The molecule has 0 unspecified atom stereocenters. The minimum atomic E-state index is -1.10. The van der Waals surface area contributed by atoms with Gasteiger partial charge in [-0.15, -0.1) is 0 Å². The van der Waals surface area contributed by atoms with Crippen LogP contribution in [0.4, 0.5) is 0 Å². The van der Waals surface area contributed by atoms with Crippen LogP contribution in [0.15, 0.2) is 0 Å². The summed E-state index contributed by atoms with van der Waals surface area (Å²) in [6.45, 7) is 2.84. The first kappa shape index (κ1) is 47.7. The zero-order chi connectivity index (χ0) is 35.8. The first-order valence-corrected chi connectivity index (χ1v) is 20.3. The Bertz CT molecular complexity index is 545. The summed E-state index contributed by atoms with van der Waals surface area (Å²) >= 11 is 0. The maximum absolute atomic E-state index is 9.36. The van der Waals surface area contributed by atoms with E-state index in [2.05, 4.69) is 0 Å². The van der Waals surface area contributed by atoms with Gasteiger partial charge in [-0.1, -0.05) is 148 Å². The van der Waals surface area contributed by atoms with Crippen molar-refractivity contribution >= 4 is 0 Å². The van der Waals surface area contributed by atoms with Gasteiger partial charge in [0.25, 0.3) is 0 Å². The summed E-state index contributed by atoms with van der Waals surface area (Å²) in [5.74, 6) is 0. The molecule has 3 aliphatic carbocycles. The summed E-state index contributed by atoms with van der Waals surface area (Å²) in [5.41, 5.74) is -0.508. The Balaban J connectivity index is 0.000000637. The first-order valence-electron chi connectivity index (χ1n) is 20.3. The normalized spacial score (nSPS) is 22.6. The summed E-state index contributed by atoms with van der Waals surface area (Å²) in [7, 11) is 0. The minimum absolute atomic E-state index is 0.156. The van der Waals surface area contributed by atoms with Crippen molar-refractivity contribution in [1.29, 1.82) is 0 Å². The minimum Gasteiger partial charge on any atom is -0.396 e. The van der Waals surface area contributed by atoms with Crippen LogP contribution in [0.1, 0.15) is 193 Å². The Hall–Kier alpha value is -0.320. The van der Waals surface area contributed by atoms with Crippen molar-refractivity contribution in [3.8, 4) is 0 Å². The van der Waals surface area contributed by atoms with E-state index in [0.717, 1.165) is 44.9 Å². The van der Waals surface area contributed by atoms with Gasteiger partial charge in [-0.25, -0.2) is 0 Å². The topological polar surface area (TPSA) is 162 Å². The molecule has 0 aromatic rings. The Morgan fingerprint density at radius 2 is 0.500 bits per heavy atom. The lowest BCUT2D eigenvalue weighted by molar-refractivity contribution is -0.0453. The number of aliphatic hydroxyl groups excluding tert-OH is 7. The van der Waals surface area contributed by atoms with Crippen LogP contribution in [0.25, 0.3) is 0 Å². The second-order valence-corrected chi connectivity index (χ2v) is 15.6. The standard InChI is InChI=1S/3C12H24O2.C4H10O2/c3*13-10-12(11-14)8-6-4-2-1-3-5-7-9-12;1-2-3-4(5)6/h3*13-14H,1-11H2;4-6H,2-3H2,1H3. The van der Waals surface area contributed by atoms with Gasteiger partial charge in [-0.3, -0.25) is 0 Å².